The molecule has 0 spiro atoms. The average Bonchev–Trinajstić information content (AvgIpc) is 2.72. The summed E-state index contributed by atoms with van der Waals surface area (Å²) in [5, 5.41) is 3.21. The van der Waals surface area contributed by atoms with E-state index in [1.54, 1.807) is 6.07 Å². The van der Waals surface area contributed by atoms with Crippen molar-refractivity contribution in [1.29, 1.82) is 0 Å². The van der Waals surface area contributed by atoms with Crippen LogP contribution in [0.5, 0.6) is 0 Å². The minimum absolute atomic E-state index is 0.0706. The number of halogens is 1. The zero-order valence-corrected chi connectivity index (χ0v) is 15.2. The van der Waals surface area contributed by atoms with E-state index in [-0.39, 0.29) is 5.56 Å². The summed E-state index contributed by atoms with van der Waals surface area (Å²) in [7, 11) is 1.24. The second kappa shape index (κ2) is 8.99. The number of rotatable bonds is 7. The van der Waals surface area contributed by atoms with Crippen LogP contribution in [0, 0.1) is 5.82 Å². The summed E-state index contributed by atoms with van der Waals surface area (Å²) in [5.74, 6) is -1.27. The average molecular weight is 363 g/mol. The van der Waals surface area contributed by atoms with Crippen molar-refractivity contribution in [2.75, 3.05) is 12.4 Å². The van der Waals surface area contributed by atoms with E-state index in [4.69, 9.17) is 0 Å². The molecule has 0 aliphatic carbocycles. The van der Waals surface area contributed by atoms with Gasteiger partial charge in [0.25, 0.3) is 0 Å². The minimum Gasteiger partial charge on any atom is -0.465 e. The van der Waals surface area contributed by atoms with Crippen molar-refractivity contribution < 1.29 is 13.9 Å². The third kappa shape index (κ3) is 5.17. The van der Waals surface area contributed by atoms with E-state index >= 15 is 0 Å². The Kier molecular flexibility index (Phi) is 6.21. The molecule has 0 aromatic heterocycles. The van der Waals surface area contributed by atoms with Crippen molar-refractivity contribution in [1.82, 2.24) is 0 Å². The third-order valence-electron chi connectivity index (χ3n) is 4.44. The number of carbonyl (C=O) groups excluding carboxylic acids is 1. The summed E-state index contributed by atoms with van der Waals surface area (Å²) in [4.78, 5) is 11.6. The van der Waals surface area contributed by atoms with Gasteiger partial charge in [-0.3, -0.25) is 0 Å². The van der Waals surface area contributed by atoms with E-state index < -0.39 is 11.8 Å². The Morgan fingerprint density at radius 2 is 1.52 bits per heavy atom. The van der Waals surface area contributed by atoms with E-state index in [0.29, 0.717) is 12.2 Å². The molecule has 0 fully saturated rings. The van der Waals surface area contributed by atoms with Crippen molar-refractivity contribution in [2.45, 2.75) is 19.4 Å². The Morgan fingerprint density at radius 3 is 2.19 bits per heavy atom. The molecule has 0 saturated carbocycles. The van der Waals surface area contributed by atoms with E-state index in [1.165, 1.54) is 30.4 Å². The van der Waals surface area contributed by atoms with Gasteiger partial charge in [0.05, 0.1) is 12.7 Å². The van der Waals surface area contributed by atoms with Crippen LogP contribution in [-0.4, -0.2) is 13.1 Å². The molecule has 3 aromatic rings. The van der Waals surface area contributed by atoms with Gasteiger partial charge in [0.1, 0.15) is 5.82 Å². The van der Waals surface area contributed by atoms with E-state index in [2.05, 4.69) is 58.6 Å². The van der Waals surface area contributed by atoms with Gasteiger partial charge < -0.3 is 10.1 Å². The van der Waals surface area contributed by atoms with Crippen molar-refractivity contribution in [3.05, 3.63) is 101 Å². The summed E-state index contributed by atoms with van der Waals surface area (Å²) in [6.45, 7) is 0.589. The van der Waals surface area contributed by atoms with Crippen LogP contribution in [0.25, 0.3) is 0 Å². The molecular formula is C23H22FNO2. The summed E-state index contributed by atoms with van der Waals surface area (Å²) < 4.78 is 18.3. The zero-order valence-electron chi connectivity index (χ0n) is 15.2. The molecule has 0 aliphatic rings. The summed E-state index contributed by atoms with van der Waals surface area (Å²) in [5.41, 5.74) is 4.34. The molecule has 0 saturated heterocycles. The summed E-state index contributed by atoms with van der Waals surface area (Å²) in [6.07, 6.45) is 2.02. The Labute approximate surface area is 158 Å². The van der Waals surface area contributed by atoms with E-state index in [0.717, 1.165) is 18.4 Å². The molecule has 3 nitrogen and oxygen atoms in total. The van der Waals surface area contributed by atoms with E-state index in [1.807, 2.05) is 6.07 Å². The molecule has 0 radical (unpaired) electrons. The fourth-order valence-corrected chi connectivity index (χ4v) is 2.86. The Bertz CT molecular complexity index is 892. The highest BCUT2D eigenvalue weighted by molar-refractivity contribution is 5.90. The van der Waals surface area contributed by atoms with Crippen LogP contribution < -0.4 is 5.32 Å². The molecule has 27 heavy (non-hydrogen) atoms. The quantitative estimate of drug-likeness (QED) is 0.600. The van der Waals surface area contributed by atoms with Gasteiger partial charge in [0.15, 0.2) is 0 Å². The molecule has 0 heterocycles. The Hall–Kier alpha value is -3.14. The highest BCUT2D eigenvalue weighted by Gasteiger charge is 2.12. The van der Waals surface area contributed by atoms with Gasteiger partial charge in [-0.2, -0.15) is 0 Å². The fourth-order valence-electron chi connectivity index (χ4n) is 2.86. The molecule has 0 atom stereocenters. The zero-order chi connectivity index (χ0) is 19.1. The van der Waals surface area contributed by atoms with Crippen LogP contribution in [0.15, 0.2) is 72.8 Å². The number of aryl methyl sites for hydroxylation is 2. The van der Waals surface area contributed by atoms with Crippen LogP contribution in [0.3, 0.4) is 0 Å². The SMILES string of the molecule is COC(=O)c1cc(NCc2ccc(CCc3ccccc3)cc2)ccc1F. The van der Waals surface area contributed by atoms with Crippen molar-refractivity contribution in [3.8, 4) is 0 Å². The molecule has 138 valence electrons. The highest BCUT2D eigenvalue weighted by Crippen LogP contribution is 2.17. The number of ether oxygens (including phenoxy) is 1. The molecule has 3 rings (SSSR count). The normalized spacial score (nSPS) is 10.4. The van der Waals surface area contributed by atoms with E-state index in [9.17, 15) is 9.18 Å². The van der Waals surface area contributed by atoms with Crippen LogP contribution in [0.2, 0.25) is 0 Å². The molecule has 0 aliphatic heterocycles. The number of hydrogen-bond acceptors (Lipinski definition) is 3. The molecule has 4 heteroatoms. The Morgan fingerprint density at radius 1 is 0.889 bits per heavy atom. The number of anilines is 1. The first-order valence-corrected chi connectivity index (χ1v) is 8.89. The predicted molar refractivity (Wildman–Crippen MR) is 105 cm³/mol. The number of esters is 1. The lowest BCUT2D eigenvalue weighted by atomic mass is 10.0. The highest BCUT2D eigenvalue weighted by atomic mass is 19.1. The van der Waals surface area contributed by atoms with Gasteiger partial charge in [-0.15, -0.1) is 0 Å². The predicted octanol–water partition coefficient (Wildman–Crippen LogP) is 5.01. The monoisotopic (exact) mass is 363 g/mol. The van der Waals surface area contributed by atoms with Gasteiger partial charge in [-0.25, -0.2) is 9.18 Å². The van der Waals surface area contributed by atoms with Gasteiger partial charge in [-0.05, 0) is 47.7 Å². The first-order valence-electron chi connectivity index (χ1n) is 8.89. The van der Waals surface area contributed by atoms with Gasteiger partial charge in [-0.1, -0.05) is 54.6 Å². The molecule has 0 bridgehead atoms. The number of benzene rings is 3. The van der Waals surface area contributed by atoms with Crippen LogP contribution in [-0.2, 0) is 24.1 Å². The minimum atomic E-state index is -0.682. The molecular weight excluding hydrogens is 341 g/mol. The molecule has 3 aromatic carbocycles. The number of methoxy groups -OCH3 is 1. The lowest BCUT2D eigenvalue weighted by Gasteiger charge is -2.09. The molecule has 0 amide bonds. The maximum atomic E-state index is 13.7. The lowest BCUT2D eigenvalue weighted by Crippen LogP contribution is -2.06. The second-order valence-electron chi connectivity index (χ2n) is 6.34. The maximum absolute atomic E-state index is 13.7. The molecule has 1 N–H and O–H groups in total. The number of carbonyl (C=O) groups is 1. The fraction of sp³-hybridized carbons (Fsp3) is 0.174. The first kappa shape index (κ1) is 18.6. The third-order valence-corrected chi connectivity index (χ3v) is 4.44. The second-order valence-corrected chi connectivity index (χ2v) is 6.34. The maximum Gasteiger partial charge on any atom is 0.340 e. The van der Waals surface area contributed by atoms with Gasteiger partial charge in [0.2, 0.25) is 0 Å². The smallest absolute Gasteiger partial charge is 0.340 e. The topological polar surface area (TPSA) is 38.3 Å². The number of hydrogen-bond donors (Lipinski definition) is 1. The standard InChI is InChI=1S/C23H22FNO2/c1-27-23(26)21-15-20(13-14-22(21)24)25-16-19-11-9-18(10-12-19)8-7-17-5-3-2-4-6-17/h2-6,9-15,25H,7-8,16H2,1H3. The first-order chi connectivity index (χ1) is 13.2. The summed E-state index contributed by atoms with van der Waals surface area (Å²) in [6, 6.07) is 23.2. The van der Waals surface area contributed by atoms with Crippen LogP contribution >= 0.6 is 0 Å². The van der Waals surface area contributed by atoms with Crippen molar-refractivity contribution in [2.24, 2.45) is 0 Å². The van der Waals surface area contributed by atoms with Crippen molar-refractivity contribution in [3.63, 3.8) is 0 Å². The summed E-state index contributed by atoms with van der Waals surface area (Å²) >= 11 is 0. The van der Waals surface area contributed by atoms with Crippen LogP contribution in [0.1, 0.15) is 27.0 Å². The van der Waals surface area contributed by atoms with Crippen molar-refractivity contribution >= 4 is 11.7 Å². The Balaban J connectivity index is 1.56. The van der Waals surface area contributed by atoms with Gasteiger partial charge in [0, 0.05) is 12.2 Å². The van der Waals surface area contributed by atoms with Gasteiger partial charge >= 0.3 is 5.97 Å². The lowest BCUT2D eigenvalue weighted by molar-refractivity contribution is 0.0595. The number of nitrogens with one attached hydrogen (secondary N) is 1. The molecule has 0 unspecified atom stereocenters. The van der Waals surface area contributed by atoms with Crippen LogP contribution in [0.4, 0.5) is 10.1 Å². The largest absolute Gasteiger partial charge is 0.465 e.